The number of rotatable bonds is 4. The Kier molecular flexibility index (Phi) is 4.54. The van der Waals surface area contributed by atoms with Crippen molar-refractivity contribution in [3.05, 3.63) is 40.9 Å². The van der Waals surface area contributed by atoms with Gasteiger partial charge in [-0.05, 0) is 30.7 Å². The molecule has 1 aromatic carbocycles. The van der Waals surface area contributed by atoms with Crippen molar-refractivity contribution >= 4 is 16.5 Å². The van der Waals surface area contributed by atoms with Crippen molar-refractivity contribution in [2.24, 2.45) is 5.92 Å². The van der Waals surface area contributed by atoms with Gasteiger partial charge in [-0.15, -0.1) is 10.2 Å². The zero-order valence-electron chi connectivity index (χ0n) is 12.8. The number of benzene rings is 1. The van der Waals surface area contributed by atoms with Crippen molar-refractivity contribution in [3.8, 4) is 0 Å². The van der Waals surface area contributed by atoms with Crippen LogP contribution in [-0.2, 0) is 6.42 Å². The molecule has 0 atom stereocenters. The van der Waals surface area contributed by atoms with Crippen LogP contribution in [0.3, 0.4) is 0 Å². The van der Waals surface area contributed by atoms with Crippen LogP contribution >= 0.6 is 11.3 Å². The Bertz CT molecular complexity index is 556. The molecule has 21 heavy (non-hydrogen) atoms. The minimum Gasteiger partial charge on any atom is -0.347 e. The summed E-state index contributed by atoms with van der Waals surface area (Å²) < 4.78 is 0. The predicted octanol–water partition coefficient (Wildman–Crippen LogP) is 4.12. The van der Waals surface area contributed by atoms with E-state index in [1.165, 1.54) is 24.8 Å². The van der Waals surface area contributed by atoms with E-state index in [2.05, 4.69) is 59.3 Å². The Labute approximate surface area is 131 Å². The van der Waals surface area contributed by atoms with Gasteiger partial charge >= 0.3 is 0 Å². The largest absolute Gasteiger partial charge is 0.347 e. The fraction of sp³-hybridized carbons (Fsp3) is 0.529. The lowest BCUT2D eigenvalue weighted by molar-refractivity contribution is 0.403. The van der Waals surface area contributed by atoms with Gasteiger partial charge in [0.25, 0.3) is 0 Å². The average molecular weight is 301 g/mol. The lowest BCUT2D eigenvalue weighted by Crippen LogP contribution is -2.34. The monoisotopic (exact) mass is 301 g/mol. The fourth-order valence-electron chi connectivity index (χ4n) is 2.86. The van der Waals surface area contributed by atoms with Crippen LogP contribution in [0.2, 0.25) is 0 Å². The molecule has 0 unspecified atom stereocenters. The van der Waals surface area contributed by atoms with Crippen LogP contribution in [0.1, 0.15) is 43.2 Å². The first kappa shape index (κ1) is 14.5. The Morgan fingerprint density at radius 3 is 2.48 bits per heavy atom. The number of aromatic nitrogens is 2. The summed E-state index contributed by atoms with van der Waals surface area (Å²) in [5, 5.41) is 10.9. The maximum absolute atomic E-state index is 4.36. The molecule has 1 fully saturated rings. The maximum atomic E-state index is 4.36. The number of piperidine rings is 1. The molecule has 112 valence electrons. The normalized spacial score (nSPS) is 16.6. The molecule has 0 radical (unpaired) electrons. The fourth-order valence-corrected chi connectivity index (χ4v) is 3.76. The zero-order valence-corrected chi connectivity index (χ0v) is 13.6. The van der Waals surface area contributed by atoms with Crippen molar-refractivity contribution in [2.45, 2.75) is 39.0 Å². The van der Waals surface area contributed by atoms with Gasteiger partial charge in [0.05, 0.1) is 0 Å². The molecule has 1 aromatic heterocycles. The molecular formula is C17H23N3S. The van der Waals surface area contributed by atoms with E-state index in [0.717, 1.165) is 29.1 Å². The first-order valence-electron chi connectivity index (χ1n) is 7.84. The van der Waals surface area contributed by atoms with E-state index in [9.17, 15) is 0 Å². The molecule has 0 N–H and O–H groups in total. The number of nitrogens with zero attached hydrogens (tertiary/aromatic N) is 3. The predicted molar refractivity (Wildman–Crippen MR) is 89.1 cm³/mol. The van der Waals surface area contributed by atoms with Gasteiger partial charge in [-0.25, -0.2) is 0 Å². The molecule has 1 aliphatic heterocycles. The molecule has 2 heterocycles. The summed E-state index contributed by atoms with van der Waals surface area (Å²) in [7, 11) is 0. The summed E-state index contributed by atoms with van der Waals surface area (Å²) in [5.74, 6) is 1.29. The highest BCUT2D eigenvalue weighted by atomic mass is 32.1. The minimum atomic E-state index is 0.479. The quantitative estimate of drug-likeness (QED) is 0.850. The topological polar surface area (TPSA) is 29.0 Å². The standard InChI is InChI=1S/C17H23N3S/c1-13(2)16-18-19-17(21-16)20-10-8-15(9-11-20)12-14-6-4-3-5-7-14/h3-7,13,15H,8-12H2,1-2H3. The van der Waals surface area contributed by atoms with E-state index < -0.39 is 0 Å². The molecule has 3 rings (SSSR count). The number of hydrogen-bond acceptors (Lipinski definition) is 4. The van der Waals surface area contributed by atoms with Gasteiger partial charge < -0.3 is 4.90 Å². The van der Waals surface area contributed by atoms with Crippen molar-refractivity contribution < 1.29 is 0 Å². The molecule has 0 amide bonds. The van der Waals surface area contributed by atoms with Crippen molar-refractivity contribution in [3.63, 3.8) is 0 Å². The molecular weight excluding hydrogens is 278 g/mol. The van der Waals surface area contributed by atoms with Crippen LogP contribution in [0.4, 0.5) is 5.13 Å². The summed E-state index contributed by atoms with van der Waals surface area (Å²) in [6.45, 7) is 6.58. The summed E-state index contributed by atoms with van der Waals surface area (Å²) in [6.07, 6.45) is 3.72. The van der Waals surface area contributed by atoms with E-state index in [1.807, 2.05) is 0 Å². The van der Waals surface area contributed by atoms with Crippen LogP contribution < -0.4 is 4.90 Å². The molecule has 4 heteroatoms. The van der Waals surface area contributed by atoms with Crippen LogP contribution in [0.25, 0.3) is 0 Å². The summed E-state index contributed by atoms with van der Waals surface area (Å²) in [6, 6.07) is 10.9. The molecule has 1 aliphatic rings. The van der Waals surface area contributed by atoms with Crippen LogP contribution in [-0.4, -0.2) is 23.3 Å². The second-order valence-corrected chi connectivity index (χ2v) is 7.19. The van der Waals surface area contributed by atoms with E-state index in [-0.39, 0.29) is 0 Å². The second kappa shape index (κ2) is 6.56. The molecule has 0 aliphatic carbocycles. The molecule has 0 spiro atoms. The number of hydrogen-bond donors (Lipinski definition) is 0. The molecule has 0 bridgehead atoms. The van der Waals surface area contributed by atoms with Gasteiger partial charge in [-0.3, -0.25) is 0 Å². The summed E-state index contributed by atoms with van der Waals surface area (Å²) >= 11 is 1.76. The Hall–Kier alpha value is -1.42. The van der Waals surface area contributed by atoms with E-state index >= 15 is 0 Å². The first-order valence-corrected chi connectivity index (χ1v) is 8.66. The van der Waals surface area contributed by atoms with Gasteiger partial charge in [0, 0.05) is 19.0 Å². The van der Waals surface area contributed by atoms with Crippen molar-refractivity contribution in [2.75, 3.05) is 18.0 Å². The highest BCUT2D eigenvalue weighted by Gasteiger charge is 2.22. The van der Waals surface area contributed by atoms with Gasteiger partial charge in [-0.1, -0.05) is 55.5 Å². The van der Waals surface area contributed by atoms with Gasteiger partial charge in [-0.2, -0.15) is 0 Å². The van der Waals surface area contributed by atoms with Gasteiger partial charge in [0.1, 0.15) is 5.01 Å². The van der Waals surface area contributed by atoms with Crippen molar-refractivity contribution in [1.82, 2.24) is 10.2 Å². The SMILES string of the molecule is CC(C)c1nnc(N2CCC(Cc3ccccc3)CC2)s1. The molecule has 3 nitrogen and oxygen atoms in total. The Morgan fingerprint density at radius 1 is 1.14 bits per heavy atom. The molecule has 2 aromatic rings. The zero-order chi connectivity index (χ0) is 14.7. The Balaban J connectivity index is 1.55. The highest BCUT2D eigenvalue weighted by Crippen LogP contribution is 2.30. The smallest absolute Gasteiger partial charge is 0.208 e. The first-order chi connectivity index (χ1) is 10.2. The maximum Gasteiger partial charge on any atom is 0.208 e. The van der Waals surface area contributed by atoms with Crippen molar-refractivity contribution in [1.29, 1.82) is 0 Å². The van der Waals surface area contributed by atoms with E-state index in [0.29, 0.717) is 5.92 Å². The minimum absolute atomic E-state index is 0.479. The highest BCUT2D eigenvalue weighted by molar-refractivity contribution is 7.15. The third-order valence-corrected chi connectivity index (χ3v) is 5.46. The van der Waals surface area contributed by atoms with Gasteiger partial charge in [0.2, 0.25) is 5.13 Å². The molecule has 0 saturated carbocycles. The third-order valence-electron chi connectivity index (χ3n) is 4.18. The second-order valence-electron chi connectivity index (χ2n) is 6.20. The lowest BCUT2D eigenvalue weighted by Gasteiger charge is -2.31. The van der Waals surface area contributed by atoms with Crippen LogP contribution in [0.5, 0.6) is 0 Å². The third kappa shape index (κ3) is 3.62. The number of anilines is 1. The van der Waals surface area contributed by atoms with Gasteiger partial charge in [0.15, 0.2) is 0 Å². The average Bonchev–Trinajstić information content (AvgIpc) is 2.99. The Morgan fingerprint density at radius 2 is 1.86 bits per heavy atom. The van der Waals surface area contributed by atoms with E-state index in [1.54, 1.807) is 11.3 Å². The van der Waals surface area contributed by atoms with E-state index in [4.69, 9.17) is 0 Å². The lowest BCUT2D eigenvalue weighted by atomic mass is 9.90. The molecule has 1 saturated heterocycles. The van der Waals surface area contributed by atoms with Crippen LogP contribution in [0, 0.1) is 5.92 Å². The van der Waals surface area contributed by atoms with Crippen LogP contribution in [0.15, 0.2) is 30.3 Å². The summed E-state index contributed by atoms with van der Waals surface area (Å²) in [5.41, 5.74) is 1.47. The summed E-state index contributed by atoms with van der Waals surface area (Å²) in [4.78, 5) is 2.41.